The van der Waals surface area contributed by atoms with Gasteiger partial charge in [-0.2, -0.15) is 0 Å². The van der Waals surface area contributed by atoms with Crippen LogP contribution in [0.2, 0.25) is 0 Å². The molecule has 2 rings (SSSR count). The van der Waals surface area contributed by atoms with E-state index in [2.05, 4.69) is 9.97 Å². The molecule has 0 radical (unpaired) electrons. The molecular formula is C18H28N4O3. The number of aryl methyl sites for hydroxylation is 1. The van der Waals surface area contributed by atoms with E-state index in [4.69, 9.17) is 4.74 Å². The topological polar surface area (TPSA) is 75.6 Å². The minimum atomic E-state index is -0.175. The lowest BCUT2D eigenvalue weighted by atomic mass is 10.2. The first-order valence-corrected chi connectivity index (χ1v) is 8.91. The second-order valence-electron chi connectivity index (χ2n) is 6.64. The number of hydrogen-bond acceptors (Lipinski definition) is 5. The molecule has 0 aromatic carbocycles. The Kier molecular flexibility index (Phi) is 6.87. The molecule has 2 amide bonds. The number of carbonyl (C=O) groups excluding carboxylic acids is 2. The van der Waals surface area contributed by atoms with Crippen LogP contribution in [0.3, 0.4) is 0 Å². The molecule has 7 heteroatoms. The number of morpholine rings is 1. The Hall–Kier alpha value is -2.02. The van der Waals surface area contributed by atoms with Crippen molar-refractivity contribution in [1.29, 1.82) is 0 Å². The molecule has 0 N–H and O–H groups in total. The average Bonchev–Trinajstić information content (AvgIpc) is 2.57. The fourth-order valence-corrected chi connectivity index (χ4v) is 3.02. The molecule has 1 aromatic heterocycles. The monoisotopic (exact) mass is 348 g/mol. The highest BCUT2D eigenvalue weighted by atomic mass is 16.5. The van der Waals surface area contributed by atoms with E-state index in [0.29, 0.717) is 38.3 Å². The molecule has 1 fully saturated rings. The van der Waals surface area contributed by atoms with Crippen LogP contribution in [0.1, 0.15) is 49.8 Å². The number of ether oxygens (including phenoxy) is 1. The third-order valence-corrected chi connectivity index (χ3v) is 4.15. The maximum absolute atomic E-state index is 12.6. The van der Waals surface area contributed by atoms with E-state index < -0.39 is 0 Å². The number of carbonyl (C=O) groups is 2. The zero-order valence-corrected chi connectivity index (χ0v) is 15.6. The summed E-state index contributed by atoms with van der Waals surface area (Å²) in [6, 6.07) is 0. The van der Waals surface area contributed by atoms with Crippen LogP contribution in [0, 0.1) is 6.92 Å². The number of nitrogens with zero attached hydrogens (tertiary/aromatic N) is 4. The summed E-state index contributed by atoms with van der Waals surface area (Å²) in [6.07, 6.45) is 4.30. The number of amides is 2. The largest absolute Gasteiger partial charge is 0.372 e. The Labute approximate surface area is 149 Å². The zero-order chi connectivity index (χ0) is 18.4. The van der Waals surface area contributed by atoms with E-state index in [9.17, 15) is 9.59 Å². The van der Waals surface area contributed by atoms with Crippen molar-refractivity contribution in [3.05, 3.63) is 23.8 Å². The number of rotatable bonds is 6. The lowest BCUT2D eigenvalue weighted by Crippen LogP contribution is -2.49. The molecule has 2 atom stereocenters. The van der Waals surface area contributed by atoms with Crippen LogP contribution < -0.4 is 0 Å². The number of aromatic nitrogens is 2. The predicted molar refractivity (Wildman–Crippen MR) is 94.2 cm³/mol. The number of hydrogen-bond donors (Lipinski definition) is 0. The summed E-state index contributed by atoms with van der Waals surface area (Å²) in [6.45, 7) is 9.97. The molecule has 1 saturated heterocycles. The van der Waals surface area contributed by atoms with Gasteiger partial charge in [0.05, 0.1) is 24.1 Å². The molecule has 138 valence electrons. The van der Waals surface area contributed by atoms with Gasteiger partial charge in [-0.15, -0.1) is 0 Å². The van der Waals surface area contributed by atoms with Crippen molar-refractivity contribution >= 4 is 11.8 Å². The Morgan fingerprint density at radius 2 is 1.88 bits per heavy atom. The van der Waals surface area contributed by atoms with Gasteiger partial charge >= 0.3 is 0 Å². The maximum Gasteiger partial charge on any atom is 0.274 e. The highest BCUT2D eigenvalue weighted by Gasteiger charge is 2.26. The van der Waals surface area contributed by atoms with Crippen LogP contribution >= 0.6 is 0 Å². The SMILES string of the molecule is CCCN(CCC(=O)N1C[C@@H](C)O[C@H](C)C1)C(=O)c1cnc(C)cn1. The first kappa shape index (κ1) is 19.3. The highest BCUT2D eigenvalue weighted by molar-refractivity contribution is 5.92. The minimum absolute atomic E-state index is 0.0453. The van der Waals surface area contributed by atoms with Crippen molar-refractivity contribution in [2.45, 2.75) is 52.7 Å². The molecule has 1 aliphatic rings. The standard InChI is InChI=1S/C18H28N4O3/c1-5-7-21(18(24)16-10-19-13(2)9-20-16)8-6-17(23)22-11-14(3)25-15(4)12-22/h9-10,14-15H,5-8,11-12H2,1-4H3/t14-,15-/m1/s1. The van der Waals surface area contributed by atoms with E-state index >= 15 is 0 Å². The molecule has 1 aliphatic heterocycles. The first-order chi connectivity index (χ1) is 11.9. The molecule has 2 heterocycles. The van der Waals surface area contributed by atoms with E-state index in [1.54, 1.807) is 11.1 Å². The molecule has 25 heavy (non-hydrogen) atoms. The molecule has 0 saturated carbocycles. The highest BCUT2D eigenvalue weighted by Crippen LogP contribution is 2.12. The summed E-state index contributed by atoms with van der Waals surface area (Å²) in [5, 5.41) is 0. The van der Waals surface area contributed by atoms with Gasteiger partial charge in [-0.1, -0.05) is 6.92 Å². The van der Waals surface area contributed by atoms with Crippen LogP contribution in [0.15, 0.2) is 12.4 Å². The Balaban J connectivity index is 1.95. The summed E-state index contributed by atoms with van der Waals surface area (Å²) in [4.78, 5) is 36.9. The molecule has 0 unspecified atom stereocenters. The van der Waals surface area contributed by atoms with Crippen molar-refractivity contribution < 1.29 is 14.3 Å². The van der Waals surface area contributed by atoms with Crippen molar-refractivity contribution in [2.75, 3.05) is 26.2 Å². The minimum Gasteiger partial charge on any atom is -0.372 e. The van der Waals surface area contributed by atoms with Crippen molar-refractivity contribution in [3.63, 3.8) is 0 Å². The summed E-state index contributed by atoms with van der Waals surface area (Å²) in [5.41, 5.74) is 1.09. The first-order valence-electron chi connectivity index (χ1n) is 8.91. The fraction of sp³-hybridized carbons (Fsp3) is 0.667. The molecular weight excluding hydrogens is 320 g/mol. The van der Waals surface area contributed by atoms with E-state index in [0.717, 1.165) is 12.1 Å². The van der Waals surface area contributed by atoms with Gasteiger partial charge in [0.1, 0.15) is 5.69 Å². The smallest absolute Gasteiger partial charge is 0.274 e. The van der Waals surface area contributed by atoms with E-state index in [1.807, 2.05) is 32.6 Å². The second-order valence-corrected chi connectivity index (χ2v) is 6.64. The quantitative estimate of drug-likeness (QED) is 0.781. The molecule has 0 aliphatic carbocycles. The van der Waals surface area contributed by atoms with Crippen molar-refractivity contribution in [3.8, 4) is 0 Å². The summed E-state index contributed by atoms with van der Waals surface area (Å²) in [7, 11) is 0. The van der Waals surface area contributed by atoms with Gasteiger partial charge in [0, 0.05) is 38.8 Å². The van der Waals surface area contributed by atoms with Gasteiger partial charge < -0.3 is 14.5 Å². The van der Waals surface area contributed by atoms with Crippen LogP contribution in [0.4, 0.5) is 0 Å². The van der Waals surface area contributed by atoms with Gasteiger partial charge in [0.2, 0.25) is 5.91 Å². The third kappa shape index (κ3) is 5.49. The second kappa shape index (κ2) is 8.89. The summed E-state index contributed by atoms with van der Waals surface area (Å²) < 4.78 is 5.66. The normalized spacial score (nSPS) is 20.4. The Morgan fingerprint density at radius 3 is 2.44 bits per heavy atom. The van der Waals surface area contributed by atoms with Crippen LogP contribution in [0.25, 0.3) is 0 Å². The van der Waals surface area contributed by atoms with Crippen LogP contribution in [-0.2, 0) is 9.53 Å². The lowest BCUT2D eigenvalue weighted by Gasteiger charge is -2.35. The Morgan fingerprint density at radius 1 is 1.20 bits per heavy atom. The van der Waals surface area contributed by atoms with Crippen LogP contribution in [0.5, 0.6) is 0 Å². The van der Waals surface area contributed by atoms with Gasteiger partial charge in [-0.3, -0.25) is 14.6 Å². The van der Waals surface area contributed by atoms with Crippen molar-refractivity contribution in [1.82, 2.24) is 19.8 Å². The fourth-order valence-electron chi connectivity index (χ4n) is 3.02. The Bertz CT molecular complexity index is 580. The summed E-state index contributed by atoms with van der Waals surface area (Å²) >= 11 is 0. The third-order valence-electron chi connectivity index (χ3n) is 4.15. The molecule has 7 nitrogen and oxygen atoms in total. The summed E-state index contributed by atoms with van der Waals surface area (Å²) in [5.74, 6) is -0.114. The van der Waals surface area contributed by atoms with Gasteiger partial charge in [0.25, 0.3) is 5.91 Å². The molecule has 0 bridgehead atoms. The van der Waals surface area contributed by atoms with Gasteiger partial charge in [-0.25, -0.2) is 4.98 Å². The van der Waals surface area contributed by atoms with Gasteiger partial charge in [-0.05, 0) is 27.2 Å². The lowest BCUT2D eigenvalue weighted by molar-refractivity contribution is -0.143. The molecule has 0 spiro atoms. The van der Waals surface area contributed by atoms with E-state index in [1.165, 1.54) is 6.20 Å². The predicted octanol–water partition coefficient (Wildman–Crippen LogP) is 1.66. The van der Waals surface area contributed by atoms with Crippen molar-refractivity contribution in [2.24, 2.45) is 0 Å². The maximum atomic E-state index is 12.6. The zero-order valence-electron chi connectivity index (χ0n) is 15.6. The van der Waals surface area contributed by atoms with Crippen LogP contribution in [-0.4, -0.2) is 70.0 Å². The van der Waals surface area contributed by atoms with Gasteiger partial charge in [0.15, 0.2) is 0 Å². The molecule has 1 aromatic rings. The van der Waals surface area contributed by atoms with E-state index in [-0.39, 0.29) is 24.0 Å². The average molecular weight is 348 g/mol.